The summed E-state index contributed by atoms with van der Waals surface area (Å²) in [7, 11) is 0. The average molecular weight is 341 g/mol. The quantitative estimate of drug-likeness (QED) is 0.833. The Kier molecular flexibility index (Phi) is 5.53. The highest BCUT2D eigenvalue weighted by molar-refractivity contribution is 6.31. The fourth-order valence-electron chi connectivity index (χ4n) is 2.41. The van der Waals surface area contributed by atoms with Crippen LogP contribution in [0.15, 0.2) is 18.5 Å². The van der Waals surface area contributed by atoms with E-state index in [4.69, 9.17) is 21.1 Å². The minimum Gasteiger partial charge on any atom is -0.444 e. The maximum atomic E-state index is 12.1. The summed E-state index contributed by atoms with van der Waals surface area (Å²) < 4.78 is 11.5. The number of carbonyl (C=O) groups excluding carboxylic acids is 1. The molecule has 5 nitrogen and oxygen atoms in total. The highest BCUT2D eigenvalue weighted by Gasteiger charge is 2.34. The number of hydrogen-bond donors (Lipinski definition) is 0. The van der Waals surface area contributed by atoms with Crippen molar-refractivity contribution in [2.45, 2.75) is 58.3 Å². The number of pyridine rings is 1. The molecule has 2 heterocycles. The molecule has 1 fully saturated rings. The minimum atomic E-state index is -0.466. The molecule has 0 bridgehead atoms. The Balaban J connectivity index is 1.85. The van der Waals surface area contributed by atoms with Crippen LogP contribution in [0.2, 0.25) is 5.02 Å². The lowest BCUT2D eigenvalue weighted by atomic mass is 9.93. The topological polar surface area (TPSA) is 51.7 Å². The van der Waals surface area contributed by atoms with Crippen LogP contribution in [0.3, 0.4) is 0 Å². The monoisotopic (exact) mass is 340 g/mol. The van der Waals surface area contributed by atoms with Crippen LogP contribution in [0.1, 0.15) is 46.1 Å². The first kappa shape index (κ1) is 18.0. The average Bonchev–Trinajstić information content (AvgIpc) is 2.45. The van der Waals surface area contributed by atoms with E-state index in [2.05, 4.69) is 11.9 Å². The molecule has 6 heteroatoms. The highest BCUT2D eigenvalue weighted by atomic mass is 35.5. The molecule has 1 saturated heterocycles. The summed E-state index contributed by atoms with van der Waals surface area (Å²) in [5.74, 6) is 0. The second-order valence-corrected chi connectivity index (χ2v) is 7.58. The van der Waals surface area contributed by atoms with Gasteiger partial charge in [0.15, 0.2) is 0 Å². The van der Waals surface area contributed by atoms with Gasteiger partial charge in [-0.05, 0) is 52.2 Å². The Hall–Kier alpha value is -1.33. The molecule has 1 aromatic heterocycles. The lowest BCUT2D eigenvalue weighted by Gasteiger charge is -2.39. The summed E-state index contributed by atoms with van der Waals surface area (Å²) in [6, 6.07) is 1.86. The van der Waals surface area contributed by atoms with Gasteiger partial charge in [-0.15, -0.1) is 0 Å². The molecule has 23 heavy (non-hydrogen) atoms. The number of piperidine rings is 1. The summed E-state index contributed by atoms with van der Waals surface area (Å²) in [4.78, 5) is 17.8. The van der Waals surface area contributed by atoms with Crippen molar-refractivity contribution in [1.29, 1.82) is 0 Å². The van der Waals surface area contributed by atoms with Gasteiger partial charge in [0.2, 0.25) is 0 Å². The van der Waals surface area contributed by atoms with Crippen LogP contribution in [0.5, 0.6) is 0 Å². The zero-order valence-electron chi connectivity index (χ0n) is 14.3. The molecule has 0 unspecified atom stereocenters. The standard InChI is InChI=1S/C17H25ClN2O3/c1-16(2,3)23-15(21)20-9-6-17(4,7-10-20)22-12-13-5-8-19-11-14(13)18/h5,8,11H,6-7,9-10,12H2,1-4H3. The minimum absolute atomic E-state index is 0.253. The predicted molar refractivity (Wildman–Crippen MR) is 89.5 cm³/mol. The molecule has 2 rings (SSSR count). The van der Waals surface area contributed by atoms with Crippen molar-refractivity contribution in [2.75, 3.05) is 13.1 Å². The van der Waals surface area contributed by atoms with Crippen LogP contribution in [-0.4, -0.2) is 40.3 Å². The molecule has 0 N–H and O–H groups in total. The van der Waals surface area contributed by atoms with Gasteiger partial charge in [0.1, 0.15) is 5.60 Å². The summed E-state index contributed by atoms with van der Waals surface area (Å²) in [5.41, 5.74) is 0.204. The Labute approximate surface area is 142 Å². The van der Waals surface area contributed by atoms with Crippen LogP contribution in [0, 0.1) is 0 Å². The van der Waals surface area contributed by atoms with Crippen molar-refractivity contribution in [3.8, 4) is 0 Å². The number of rotatable bonds is 3. The predicted octanol–water partition coefficient (Wildman–Crippen LogP) is 4.04. The van der Waals surface area contributed by atoms with E-state index in [1.165, 1.54) is 0 Å². The van der Waals surface area contributed by atoms with E-state index in [1.54, 1.807) is 17.3 Å². The van der Waals surface area contributed by atoms with Crippen molar-refractivity contribution in [1.82, 2.24) is 9.88 Å². The largest absolute Gasteiger partial charge is 0.444 e. The Morgan fingerprint density at radius 1 is 1.39 bits per heavy atom. The first-order valence-corrected chi connectivity index (χ1v) is 8.27. The zero-order valence-corrected chi connectivity index (χ0v) is 15.0. The van der Waals surface area contributed by atoms with E-state index < -0.39 is 5.60 Å². The molecule has 1 amide bonds. The van der Waals surface area contributed by atoms with Gasteiger partial charge in [0.25, 0.3) is 0 Å². The van der Waals surface area contributed by atoms with Gasteiger partial charge in [-0.2, -0.15) is 0 Å². The SMILES string of the molecule is CC(C)(C)OC(=O)N1CCC(C)(OCc2ccncc2Cl)CC1. The van der Waals surface area contributed by atoms with Gasteiger partial charge in [-0.25, -0.2) is 4.79 Å². The molecule has 0 atom stereocenters. The highest BCUT2D eigenvalue weighted by Crippen LogP contribution is 2.29. The fourth-order valence-corrected chi connectivity index (χ4v) is 2.58. The number of halogens is 1. The maximum Gasteiger partial charge on any atom is 0.410 e. The second kappa shape index (κ2) is 7.05. The van der Waals surface area contributed by atoms with Gasteiger partial charge >= 0.3 is 6.09 Å². The number of ether oxygens (including phenoxy) is 2. The number of hydrogen-bond acceptors (Lipinski definition) is 4. The van der Waals surface area contributed by atoms with Gasteiger partial charge in [0, 0.05) is 25.5 Å². The van der Waals surface area contributed by atoms with Crippen molar-refractivity contribution in [3.05, 3.63) is 29.0 Å². The third-order valence-corrected chi connectivity index (χ3v) is 4.25. The molecule has 0 spiro atoms. The van der Waals surface area contributed by atoms with E-state index in [9.17, 15) is 4.79 Å². The normalized spacial score (nSPS) is 17.9. The van der Waals surface area contributed by atoms with Gasteiger partial charge in [0.05, 0.1) is 17.2 Å². The van der Waals surface area contributed by atoms with Gasteiger partial charge in [-0.1, -0.05) is 11.6 Å². The Morgan fingerprint density at radius 2 is 2.04 bits per heavy atom. The molecular weight excluding hydrogens is 316 g/mol. The number of likely N-dealkylation sites (tertiary alicyclic amines) is 1. The number of amides is 1. The van der Waals surface area contributed by atoms with Crippen molar-refractivity contribution in [3.63, 3.8) is 0 Å². The third kappa shape index (κ3) is 5.36. The van der Waals surface area contributed by atoms with E-state index in [1.807, 2.05) is 26.8 Å². The summed E-state index contributed by atoms with van der Waals surface area (Å²) >= 11 is 6.10. The molecule has 1 aromatic rings. The molecular formula is C17H25ClN2O3. The van der Waals surface area contributed by atoms with Crippen LogP contribution in [0.4, 0.5) is 4.79 Å². The first-order valence-electron chi connectivity index (χ1n) is 7.89. The molecule has 0 aromatic carbocycles. The molecule has 0 aliphatic carbocycles. The number of nitrogens with zero attached hydrogens (tertiary/aromatic N) is 2. The van der Waals surface area contributed by atoms with E-state index in [-0.39, 0.29) is 11.7 Å². The number of carbonyl (C=O) groups is 1. The molecule has 1 aliphatic heterocycles. The van der Waals surface area contributed by atoms with Gasteiger partial charge < -0.3 is 14.4 Å². The van der Waals surface area contributed by atoms with E-state index in [0.29, 0.717) is 24.7 Å². The Morgan fingerprint density at radius 3 is 2.61 bits per heavy atom. The van der Waals surface area contributed by atoms with E-state index in [0.717, 1.165) is 18.4 Å². The van der Waals surface area contributed by atoms with Crippen LogP contribution >= 0.6 is 11.6 Å². The van der Waals surface area contributed by atoms with E-state index >= 15 is 0 Å². The summed E-state index contributed by atoms with van der Waals surface area (Å²) in [6.07, 6.45) is 4.62. The zero-order chi connectivity index (χ0) is 17.1. The summed E-state index contributed by atoms with van der Waals surface area (Å²) in [5, 5.41) is 0.613. The number of aromatic nitrogens is 1. The van der Waals surface area contributed by atoms with Crippen molar-refractivity contribution >= 4 is 17.7 Å². The van der Waals surface area contributed by atoms with Crippen LogP contribution < -0.4 is 0 Å². The van der Waals surface area contributed by atoms with Crippen molar-refractivity contribution in [2.24, 2.45) is 0 Å². The molecule has 0 saturated carbocycles. The second-order valence-electron chi connectivity index (χ2n) is 7.17. The molecule has 0 radical (unpaired) electrons. The van der Waals surface area contributed by atoms with Crippen LogP contribution in [-0.2, 0) is 16.1 Å². The fraction of sp³-hybridized carbons (Fsp3) is 0.647. The summed E-state index contributed by atoms with van der Waals surface area (Å²) in [6.45, 7) is 9.42. The lowest BCUT2D eigenvalue weighted by molar-refractivity contribution is -0.0811. The van der Waals surface area contributed by atoms with Crippen molar-refractivity contribution < 1.29 is 14.3 Å². The third-order valence-electron chi connectivity index (χ3n) is 3.91. The molecule has 1 aliphatic rings. The molecule has 128 valence electrons. The lowest BCUT2D eigenvalue weighted by Crippen LogP contribution is -2.47. The maximum absolute atomic E-state index is 12.1. The van der Waals surface area contributed by atoms with Gasteiger partial charge in [-0.3, -0.25) is 4.98 Å². The Bertz CT molecular complexity index is 549. The van der Waals surface area contributed by atoms with Crippen LogP contribution in [0.25, 0.3) is 0 Å². The first-order chi connectivity index (χ1) is 10.7. The smallest absolute Gasteiger partial charge is 0.410 e.